The van der Waals surface area contributed by atoms with Crippen molar-refractivity contribution in [1.29, 1.82) is 0 Å². The molecule has 5 heteroatoms. The average molecular weight is 348 g/mol. The van der Waals surface area contributed by atoms with Crippen LogP contribution in [0.1, 0.15) is 64.9 Å². The number of nitrogens with zero attached hydrogens (tertiary/aromatic N) is 1. The SMILES string of the molecule is CCCCOc1ncc(NC(=O)C2(OCC)CCC(C)CC2)cc1C. The van der Waals surface area contributed by atoms with Gasteiger partial charge >= 0.3 is 0 Å². The second kappa shape index (κ2) is 9.18. The third kappa shape index (κ3) is 5.18. The first-order valence-corrected chi connectivity index (χ1v) is 9.55. The Bertz CT molecular complexity index is 566. The standard InChI is InChI=1S/C20H32N2O3/c1-5-7-12-24-18-16(4)13-17(14-21-18)22-19(23)20(25-6-2)10-8-15(3)9-11-20/h13-15H,5-12H2,1-4H3,(H,22,23). The molecule has 0 unspecified atom stereocenters. The molecule has 1 aromatic rings. The van der Waals surface area contributed by atoms with Gasteiger partial charge < -0.3 is 14.8 Å². The zero-order chi connectivity index (χ0) is 18.3. The number of carbonyl (C=O) groups is 1. The van der Waals surface area contributed by atoms with Crippen LogP contribution < -0.4 is 10.1 Å². The number of aromatic nitrogens is 1. The summed E-state index contributed by atoms with van der Waals surface area (Å²) in [6, 6.07) is 1.91. The van der Waals surface area contributed by atoms with Gasteiger partial charge in [-0.3, -0.25) is 4.79 Å². The molecule has 140 valence electrons. The zero-order valence-corrected chi connectivity index (χ0v) is 16.1. The Morgan fingerprint density at radius 1 is 1.36 bits per heavy atom. The third-order valence-corrected chi connectivity index (χ3v) is 4.94. The summed E-state index contributed by atoms with van der Waals surface area (Å²) in [6.45, 7) is 9.47. The van der Waals surface area contributed by atoms with Crippen LogP contribution in [0, 0.1) is 12.8 Å². The van der Waals surface area contributed by atoms with Gasteiger partial charge in [-0.2, -0.15) is 0 Å². The van der Waals surface area contributed by atoms with Crippen LogP contribution in [0.3, 0.4) is 0 Å². The molecule has 0 aliphatic heterocycles. The maximum absolute atomic E-state index is 12.9. The molecule has 0 radical (unpaired) electrons. The van der Waals surface area contributed by atoms with E-state index < -0.39 is 5.60 Å². The molecule has 1 fully saturated rings. The first-order valence-electron chi connectivity index (χ1n) is 9.55. The fourth-order valence-electron chi connectivity index (χ4n) is 3.28. The van der Waals surface area contributed by atoms with E-state index in [0.29, 0.717) is 30.7 Å². The molecule has 0 saturated heterocycles. The quantitative estimate of drug-likeness (QED) is 0.703. The topological polar surface area (TPSA) is 60.5 Å². The summed E-state index contributed by atoms with van der Waals surface area (Å²) < 4.78 is 11.6. The first-order chi connectivity index (χ1) is 12.0. The lowest BCUT2D eigenvalue weighted by molar-refractivity contribution is -0.146. The Morgan fingerprint density at radius 2 is 2.08 bits per heavy atom. The number of pyridine rings is 1. The molecule has 2 rings (SSSR count). The monoisotopic (exact) mass is 348 g/mol. The van der Waals surface area contributed by atoms with Crippen molar-refractivity contribution in [2.75, 3.05) is 18.5 Å². The highest BCUT2D eigenvalue weighted by molar-refractivity contribution is 5.97. The molecule has 1 amide bonds. The van der Waals surface area contributed by atoms with Crippen molar-refractivity contribution < 1.29 is 14.3 Å². The molecular formula is C20H32N2O3. The minimum atomic E-state index is -0.703. The molecule has 1 aromatic heterocycles. The van der Waals surface area contributed by atoms with E-state index in [1.807, 2.05) is 19.9 Å². The van der Waals surface area contributed by atoms with Crippen molar-refractivity contribution in [2.24, 2.45) is 5.92 Å². The Balaban J connectivity index is 2.04. The molecular weight excluding hydrogens is 316 g/mol. The lowest BCUT2D eigenvalue weighted by Gasteiger charge is -2.37. The van der Waals surface area contributed by atoms with Gasteiger partial charge in [-0.1, -0.05) is 20.3 Å². The van der Waals surface area contributed by atoms with E-state index in [-0.39, 0.29) is 5.91 Å². The summed E-state index contributed by atoms with van der Waals surface area (Å²) in [4.78, 5) is 17.2. The molecule has 1 heterocycles. The van der Waals surface area contributed by atoms with Crippen molar-refractivity contribution >= 4 is 11.6 Å². The maximum atomic E-state index is 12.9. The van der Waals surface area contributed by atoms with Crippen molar-refractivity contribution in [3.05, 3.63) is 17.8 Å². The summed E-state index contributed by atoms with van der Waals surface area (Å²) >= 11 is 0. The van der Waals surface area contributed by atoms with Crippen LogP contribution in [0.2, 0.25) is 0 Å². The molecule has 25 heavy (non-hydrogen) atoms. The minimum absolute atomic E-state index is 0.0536. The molecule has 1 saturated carbocycles. The van der Waals surface area contributed by atoms with Gasteiger partial charge in [-0.15, -0.1) is 0 Å². The molecule has 5 nitrogen and oxygen atoms in total. The van der Waals surface area contributed by atoms with Crippen LogP contribution in [-0.4, -0.2) is 29.7 Å². The Morgan fingerprint density at radius 3 is 2.68 bits per heavy atom. The van der Waals surface area contributed by atoms with E-state index in [9.17, 15) is 4.79 Å². The normalized spacial score (nSPS) is 23.3. The number of ether oxygens (including phenoxy) is 2. The maximum Gasteiger partial charge on any atom is 0.256 e. The second-order valence-corrected chi connectivity index (χ2v) is 7.11. The summed E-state index contributed by atoms with van der Waals surface area (Å²) in [5.74, 6) is 1.24. The number of hydrogen-bond donors (Lipinski definition) is 1. The van der Waals surface area contributed by atoms with Crippen LogP contribution in [0.5, 0.6) is 5.88 Å². The second-order valence-electron chi connectivity index (χ2n) is 7.11. The molecule has 0 atom stereocenters. The lowest BCUT2D eigenvalue weighted by atomic mass is 9.78. The molecule has 1 aliphatic rings. The number of unbranched alkanes of at least 4 members (excludes halogenated alkanes) is 1. The molecule has 0 bridgehead atoms. The van der Waals surface area contributed by atoms with Crippen LogP contribution in [0.15, 0.2) is 12.3 Å². The predicted octanol–water partition coefficient (Wildman–Crippen LogP) is 4.49. The summed E-state index contributed by atoms with van der Waals surface area (Å²) in [5, 5.41) is 3.01. The van der Waals surface area contributed by atoms with Crippen molar-refractivity contribution in [3.8, 4) is 5.88 Å². The fourth-order valence-corrected chi connectivity index (χ4v) is 3.28. The van der Waals surface area contributed by atoms with Gasteiger partial charge in [-0.25, -0.2) is 4.98 Å². The number of anilines is 1. The van der Waals surface area contributed by atoms with Crippen LogP contribution in [0.4, 0.5) is 5.69 Å². The van der Waals surface area contributed by atoms with Crippen LogP contribution in [-0.2, 0) is 9.53 Å². The smallest absolute Gasteiger partial charge is 0.256 e. The Kier molecular flexibility index (Phi) is 7.24. The average Bonchev–Trinajstić information content (AvgIpc) is 2.59. The van der Waals surface area contributed by atoms with E-state index in [0.717, 1.165) is 44.1 Å². The van der Waals surface area contributed by atoms with Crippen molar-refractivity contribution in [3.63, 3.8) is 0 Å². The van der Waals surface area contributed by atoms with E-state index in [4.69, 9.17) is 9.47 Å². The number of rotatable bonds is 8. The van der Waals surface area contributed by atoms with Gasteiger partial charge in [-0.05, 0) is 57.9 Å². The van der Waals surface area contributed by atoms with Gasteiger partial charge in [0, 0.05) is 12.2 Å². The molecule has 0 aromatic carbocycles. The van der Waals surface area contributed by atoms with Crippen molar-refractivity contribution in [1.82, 2.24) is 4.98 Å². The lowest BCUT2D eigenvalue weighted by Crippen LogP contribution is -2.48. The summed E-state index contributed by atoms with van der Waals surface area (Å²) in [7, 11) is 0. The predicted molar refractivity (Wildman–Crippen MR) is 100.0 cm³/mol. The highest BCUT2D eigenvalue weighted by atomic mass is 16.5. The highest BCUT2D eigenvalue weighted by Gasteiger charge is 2.41. The van der Waals surface area contributed by atoms with Gasteiger partial charge in [0.15, 0.2) is 0 Å². The Labute approximate surface area is 151 Å². The van der Waals surface area contributed by atoms with E-state index in [1.54, 1.807) is 6.20 Å². The fraction of sp³-hybridized carbons (Fsp3) is 0.700. The number of carbonyl (C=O) groups excluding carboxylic acids is 1. The van der Waals surface area contributed by atoms with E-state index in [2.05, 4.69) is 24.1 Å². The molecule has 0 spiro atoms. The van der Waals surface area contributed by atoms with Crippen LogP contribution in [0.25, 0.3) is 0 Å². The molecule has 1 aliphatic carbocycles. The van der Waals surface area contributed by atoms with E-state index >= 15 is 0 Å². The number of aryl methyl sites for hydroxylation is 1. The summed E-state index contributed by atoms with van der Waals surface area (Å²) in [6.07, 6.45) is 7.36. The van der Waals surface area contributed by atoms with Gasteiger partial charge in [0.25, 0.3) is 5.91 Å². The number of hydrogen-bond acceptors (Lipinski definition) is 4. The van der Waals surface area contributed by atoms with Crippen molar-refractivity contribution in [2.45, 2.75) is 71.8 Å². The zero-order valence-electron chi connectivity index (χ0n) is 16.1. The van der Waals surface area contributed by atoms with E-state index in [1.165, 1.54) is 0 Å². The number of nitrogens with one attached hydrogen (secondary N) is 1. The molecule has 1 N–H and O–H groups in total. The summed E-state index contributed by atoms with van der Waals surface area (Å²) in [5.41, 5.74) is 0.922. The van der Waals surface area contributed by atoms with Gasteiger partial charge in [0.2, 0.25) is 5.88 Å². The Hall–Kier alpha value is -1.62. The van der Waals surface area contributed by atoms with Crippen LogP contribution >= 0.6 is 0 Å². The number of amides is 1. The largest absolute Gasteiger partial charge is 0.477 e. The highest BCUT2D eigenvalue weighted by Crippen LogP contribution is 2.36. The van der Waals surface area contributed by atoms with Gasteiger partial charge in [0.05, 0.1) is 18.5 Å². The van der Waals surface area contributed by atoms with Gasteiger partial charge in [0.1, 0.15) is 5.60 Å². The third-order valence-electron chi connectivity index (χ3n) is 4.94. The first kappa shape index (κ1) is 19.7. The minimum Gasteiger partial charge on any atom is -0.477 e.